The molecule has 1 spiro atoms. The highest BCUT2D eigenvalue weighted by molar-refractivity contribution is 6.02. The minimum absolute atomic E-state index is 0.131. The van der Waals surface area contributed by atoms with Gasteiger partial charge in [-0.25, -0.2) is 9.97 Å². The number of likely N-dealkylation sites (tertiary alicyclic amines) is 1. The quantitative estimate of drug-likeness (QED) is 0.565. The van der Waals surface area contributed by atoms with E-state index in [4.69, 9.17) is 11.5 Å². The van der Waals surface area contributed by atoms with E-state index in [1.165, 1.54) is 0 Å². The van der Waals surface area contributed by atoms with Gasteiger partial charge in [0.15, 0.2) is 0 Å². The van der Waals surface area contributed by atoms with Crippen molar-refractivity contribution < 1.29 is 9.59 Å². The Hall–Kier alpha value is -3.62. The van der Waals surface area contributed by atoms with Crippen LogP contribution in [0.15, 0.2) is 42.9 Å². The Kier molecular flexibility index (Phi) is 4.12. The molecule has 3 heterocycles. The molecule has 5 rings (SSSR count). The van der Waals surface area contributed by atoms with Crippen LogP contribution in [-0.2, 0) is 0 Å². The van der Waals surface area contributed by atoms with Gasteiger partial charge in [0.05, 0.1) is 28.5 Å². The number of nitrogens with two attached hydrogens (primary N) is 2. The minimum Gasteiger partial charge on any atom is -0.397 e. The summed E-state index contributed by atoms with van der Waals surface area (Å²) in [4.78, 5) is 36.5. The summed E-state index contributed by atoms with van der Waals surface area (Å²) in [6.45, 7) is 0.560. The fourth-order valence-corrected chi connectivity index (χ4v) is 4.68. The summed E-state index contributed by atoms with van der Waals surface area (Å²) in [6.07, 6.45) is 8.56. The third kappa shape index (κ3) is 2.69. The number of hydrogen-bond acceptors (Lipinski definition) is 6. The summed E-state index contributed by atoms with van der Waals surface area (Å²) in [5.74, 6) is 0.0871. The van der Waals surface area contributed by atoms with Gasteiger partial charge in [-0.3, -0.25) is 14.0 Å². The van der Waals surface area contributed by atoms with Crippen molar-refractivity contribution in [1.29, 1.82) is 0 Å². The minimum atomic E-state index is -0.388. The van der Waals surface area contributed by atoms with Crippen LogP contribution in [0.3, 0.4) is 0 Å². The topological polar surface area (TPSA) is 132 Å². The van der Waals surface area contributed by atoms with E-state index in [-0.39, 0.29) is 23.4 Å². The molecule has 30 heavy (non-hydrogen) atoms. The fraction of sp³-hybridized carbons (Fsp3) is 0.333. The van der Waals surface area contributed by atoms with E-state index in [2.05, 4.69) is 15.3 Å². The van der Waals surface area contributed by atoms with E-state index in [1.807, 2.05) is 4.90 Å². The molecule has 2 aliphatic rings. The zero-order chi connectivity index (χ0) is 20.9. The Morgan fingerprint density at radius 3 is 2.77 bits per heavy atom. The molecule has 1 saturated carbocycles. The maximum atomic E-state index is 13.3. The first-order valence-corrected chi connectivity index (χ1v) is 10.1. The third-order valence-electron chi connectivity index (χ3n) is 6.46. The second-order valence-corrected chi connectivity index (χ2v) is 7.98. The predicted octanol–water partition coefficient (Wildman–Crippen LogP) is 1.46. The first-order chi connectivity index (χ1) is 14.5. The standard InChI is InChI=1S/C21H23N7O2/c22-14-4-1-3-13(17(14)23)19(30)28-11-6-16(21(28)7-2-8-21)26-18(29)15-5-10-27-12-9-24-20(27)25-15/h1,3-5,9-10,12,16H,2,6-8,11,22-23H2,(H,26,29). The highest BCUT2D eigenvalue weighted by Crippen LogP contribution is 2.46. The molecule has 9 heteroatoms. The summed E-state index contributed by atoms with van der Waals surface area (Å²) in [6, 6.07) is 6.66. The number of para-hydroxylation sites is 1. The van der Waals surface area contributed by atoms with Gasteiger partial charge in [-0.1, -0.05) is 6.07 Å². The molecule has 1 saturated heterocycles. The number of anilines is 2. The van der Waals surface area contributed by atoms with E-state index in [1.54, 1.807) is 47.3 Å². The lowest BCUT2D eigenvalue weighted by molar-refractivity contribution is 0.0260. The number of carbonyl (C=O) groups is 2. The number of nitrogen functional groups attached to an aromatic ring is 2. The predicted molar refractivity (Wildman–Crippen MR) is 112 cm³/mol. The molecule has 2 aromatic heterocycles. The molecule has 0 bridgehead atoms. The summed E-state index contributed by atoms with van der Waals surface area (Å²) >= 11 is 0. The highest BCUT2D eigenvalue weighted by Gasteiger charge is 2.55. The molecule has 2 fully saturated rings. The lowest BCUT2D eigenvalue weighted by Crippen LogP contribution is -2.62. The summed E-state index contributed by atoms with van der Waals surface area (Å²) in [5.41, 5.74) is 13.0. The van der Waals surface area contributed by atoms with Gasteiger partial charge in [0.1, 0.15) is 5.69 Å². The average molecular weight is 405 g/mol. The van der Waals surface area contributed by atoms with Crippen LogP contribution in [0.2, 0.25) is 0 Å². The van der Waals surface area contributed by atoms with Crippen LogP contribution in [-0.4, -0.2) is 49.2 Å². The number of amides is 2. The SMILES string of the molecule is Nc1cccc(C(=O)N2CCC(NC(=O)c3ccn4ccnc4n3)C23CCC3)c1N. The summed E-state index contributed by atoms with van der Waals surface area (Å²) in [7, 11) is 0. The van der Waals surface area contributed by atoms with E-state index < -0.39 is 0 Å². The van der Waals surface area contributed by atoms with E-state index in [0.717, 1.165) is 19.3 Å². The molecule has 5 N–H and O–H groups in total. The Morgan fingerprint density at radius 2 is 2.00 bits per heavy atom. The fourth-order valence-electron chi connectivity index (χ4n) is 4.68. The van der Waals surface area contributed by atoms with Crippen molar-refractivity contribution in [2.45, 2.75) is 37.3 Å². The molecule has 1 unspecified atom stereocenters. The number of fused-ring (bicyclic) bond motifs is 1. The van der Waals surface area contributed by atoms with E-state index in [0.29, 0.717) is 41.4 Å². The average Bonchev–Trinajstić information content (AvgIpc) is 3.33. The van der Waals surface area contributed by atoms with Gasteiger partial charge < -0.3 is 21.7 Å². The summed E-state index contributed by atoms with van der Waals surface area (Å²) < 4.78 is 1.75. The van der Waals surface area contributed by atoms with Crippen LogP contribution in [0.4, 0.5) is 11.4 Å². The van der Waals surface area contributed by atoms with E-state index >= 15 is 0 Å². The maximum Gasteiger partial charge on any atom is 0.270 e. The van der Waals surface area contributed by atoms with Crippen molar-refractivity contribution in [3.05, 3.63) is 54.1 Å². The monoisotopic (exact) mass is 405 g/mol. The third-order valence-corrected chi connectivity index (χ3v) is 6.46. The molecular weight excluding hydrogens is 382 g/mol. The number of aromatic nitrogens is 3. The van der Waals surface area contributed by atoms with Crippen molar-refractivity contribution in [1.82, 2.24) is 24.6 Å². The smallest absolute Gasteiger partial charge is 0.270 e. The molecular formula is C21H23N7O2. The first kappa shape index (κ1) is 18.4. The molecule has 1 aliphatic carbocycles. The molecule has 9 nitrogen and oxygen atoms in total. The Balaban J connectivity index is 1.38. The van der Waals surface area contributed by atoms with Gasteiger partial charge >= 0.3 is 0 Å². The Bertz CT molecular complexity index is 1150. The largest absolute Gasteiger partial charge is 0.397 e. The van der Waals surface area contributed by atoms with Crippen LogP contribution in [0.5, 0.6) is 0 Å². The zero-order valence-corrected chi connectivity index (χ0v) is 16.4. The number of benzene rings is 1. The van der Waals surface area contributed by atoms with Crippen molar-refractivity contribution in [2.75, 3.05) is 18.0 Å². The van der Waals surface area contributed by atoms with Crippen molar-refractivity contribution in [2.24, 2.45) is 0 Å². The zero-order valence-electron chi connectivity index (χ0n) is 16.4. The van der Waals surface area contributed by atoms with Gasteiger partial charge in [-0.05, 0) is 43.9 Å². The number of carbonyl (C=O) groups excluding carboxylic acids is 2. The number of hydrogen-bond donors (Lipinski definition) is 3. The molecule has 1 aliphatic heterocycles. The van der Waals surface area contributed by atoms with Gasteiger partial charge in [-0.2, -0.15) is 0 Å². The lowest BCUT2D eigenvalue weighted by atomic mass is 9.71. The van der Waals surface area contributed by atoms with Gasteiger partial charge in [0.25, 0.3) is 11.8 Å². The Labute approximate surface area is 173 Å². The number of rotatable bonds is 3. The molecule has 1 atom stereocenters. The molecule has 1 aromatic carbocycles. The van der Waals surface area contributed by atoms with Crippen molar-refractivity contribution >= 4 is 29.0 Å². The van der Waals surface area contributed by atoms with Crippen LogP contribution in [0.25, 0.3) is 5.78 Å². The maximum absolute atomic E-state index is 13.3. The molecule has 154 valence electrons. The van der Waals surface area contributed by atoms with Gasteiger partial charge in [0, 0.05) is 25.1 Å². The van der Waals surface area contributed by atoms with Crippen molar-refractivity contribution in [3.8, 4) is 0 Å². The van der Waals surface area contributed by atoms with Crippen LogP contribution < -0.4 is 16.8 Å². The number of nitrogens with zero attached hydrogens (tertiary/aromatic N) is 4. The van der Waals surface area contributed by atoms with E-state index in [9.17, 15) is 9.59 Å². The molecule has 2 amide bonds. The highest BCUT2D eigenvalue weighted by atomic mass is 16.2. The number of nitrogens with one attached hydrogen (secondary N) is 1. The van der Waals surface area contributed by atoms with Crippen LogP contribution >= 0.6 is 0 Å². The molecule has 0 radical (unpaired) electrons. The number of imidazole rings is 1. The van der Waals surface area contributed by atoms with Crippen LogP contribution in [0.1, 0.15) is 46.5 Å². The second-order valence-electron chi connectivity index (χ2n) is 7.98. The van der Waals surface area contributed by atoms with Crippen molar-refractivity contribution in [3.63, 3.8) is 0 Å². The lowest BCUT2D eigenvalue weighted by Gasteiger charge is -2.49. The first-order valence-electron chi connectivity index (χ1n) is 10.1. The van der Waals surface area contributed by atoms with Gasteiger partial charge in [0.2, 0.25) is 5.78 Å². The molecule has 3 aromatic rings. The Morgan fingerprint density at radius 1 is 1.17 bits per heavy atom. The summed E-state index contributed by atoms with van der Waals surface area (Å²) in [5, 5.41) is 3.12. The normalized spacial score (nSPS) is 19.7. The second kappa shape index (κ2) is 6.72. The van der Waals surface area contributed by atoms with Gasteiger partial charge in [-0.15, -0.1) is 0 Å². The van der Waals surface area contributed by atoms with Crippen LogP contribution in [0, 0.1) is 0 Å².